The molecule has 0 bridgehead atoms. The fourth-order valence-corrected chi connectivity index (χ4v) is 2.95. The van der Waals surface area contributed by atoms with Gasteiger partial charge in [-0.05, 0) is 60.2 Å². The van der Waals surface area contributed by atoms with Crippen molar-refractivity contribution in [2.75, 3.05) is 7.05 Å². The van der Waals surface area contributed by atoms with Crippen LogP contribution in [0.2, 0.25) is 0 Å². The normalized spacial score (nSPS) is 16.8. The maximum absolute atomic E-state index is 4.27. The quantitative estimate of drug-likeness (QED) is 0.751. The van der Waals surface area contributed by atoms with Crippen molar-refractivity contribution >= 4 is 5.57 Å². The number of hydrogen-bond donors (Lipinski definition) is 1. The van der Waals surface area contributed by atoms with Crippen molar-refractivity contribution in [3.05, 3.63) is 65.9 Å². The SMILES string of the molecule is C=C(/C=C(\C=C/NC)C1CCCC1)c1ccccc1C. The summed E-state index contributed by atoms with van der Waals surface area (Å²) in [4.78, 5) is 0. The summed E-state index contributed by atoms with van der Waals surface area (Å²) in [5, 5.41) is 3.09. The summed E-state index contributed by atoms with van der Waals surface area (Å²) in [6.07, 6.45) is 11.8. The van der Waals surface area contributed by atoms with Crippen molar-refractivity contribution < 1.29 is 0 Å². The minimum absolute atomic E-state index is 0.695. The lowest BCUT2D eigenvalue weighted by Gasteiger charge is -2.13. The van der Waals surface area contributed by atoms with Gasteiger partial charge in [-0.15, -0.1) is 0 Å². The maximum atomic E-state index is 4.27. The highest BCUT2D eigenvalue weighted by Crippen LogP contribution is 2.33. The summed E-state index contributed by atoms with van der Waals surface area (Å²) in [6, 6.07) is 8.46. The van der Waals surface area contributed by atoms with Crippen LogP contribution in [-0.4, -0.2) is 7.05 Å². The molecule has 2 rings (SSSR count). The fraction of sp³-hybridized carbons (Fsp3) is 0.368. The van der Waals surface area contributed by atoms with Gasteiger partial charge >= 0.3 is 0 Å². The van der Waals surface area contributed by atoms with Gasteiger partial charge in [0.25, 0.3) is 0 Å². The van der Waals surface area contributed by atoms with E-state index in [-0.39, 0.29) is 0 Å². The molecule has 0 unspecified atom stereocenters. The van der Waals surface area contributed by atoms with Crippen LogP contribution in [0.5, 0.6) is 0 Å². The van der Waals surface area contributed by atoms with Gasteiger partial charge in [0.15, 0.2) is 0 Å². The number of rotatable bonds is 5. The van der Waals surface area contributed by atoms with Crippen LogP contribution in [0.15, 0.2) is 54.8 Å². The highest BCUT2D eigenvalue weighted by atomic mass is 14.8. The smallest absolute Gasteiger partial charge is 0.00277 e. The Kier molecular flexibility index (Phi) is 5.23. The number of aryl methyl sites for hydroxylation is 1. The zero-order chi connectivity index (χ0) is 14.4. The van der Waals surface area contributed by atoms with Crippen molar-refractivity contribution in [1.29, 1.82) is 0 Å². The Morgan fingerprint density at radius 1 is 1.25 bits per heavy atom. The molecule has 0 aliphatic heterocycles. The van der Waals surface area contributed by atoms with Crippen molar-refractivity contribution in [3.8, 4) is 0 Å². The van der Waals surface area contributed by atoms with Gasteiger partial charge in [0.05, 0.1) is 0 Å². The second kappa shape index (κ2) is 7.14. The van der Waals surface area contributed by atoms with Crippen LogP contribution in [-0.2, 0) is 0 Å². The topological polar surface area (TPSA) is 12.0 Å². The van der Waals surface area contributed by atoms with Crippen LogP contribution >= 0.6 is 0 Å². The maximum Gasteiger partial charge on any atom is 0.00277 e. The molecule has 1 aromatic rings. The molecule has 0 aromatic heterocycles. The molecular formula is C19H25N. The highest BCUT2D eigenvalue weighted by molar-refractivity contribution is 5.75. The first kappa shape index (κ1) is 14.6. The second-order valence-corrected chi connectivity index (χ2v) is 5.59. The van der Waals surface area contributed by atoms with Gasteiger partial charge in [-0.1, -0.05) is 49.8 Å². The van der Waals surface area contributed by atoms with Crippen LogP contribution < -0.4 is 5.32 Å². The van der Waals surface area contributed by atoms with Crippen LogP contribution in [0.1, 0.15) is 36.8 Å². The monoisotopic (exact) mass is 267 g/mol. The third kappa shape index (κ3) is 3.63. The zero-order valence-corrected chi connectivity index (χ0v) is 12.7. The first-order valence-electron chi connectivity index (χ1n) is 7.52. The molecule has 1 fully saturated rings. The Bertz CT molecular complexity index is 516. The van der Waals surface area contributed by atoms with Crippen molar-refractivity contribution in [1.82, 2.24) is 5.32 Å². The molecule has 0 heterocycles. The van der Waals surface area contributed by atoms with Gasteiger partial charge in [-0.2, -0.15) is 0 Å². The molecule has 0 amide bonds. The van der Waals surface area contributed by atoms with E-state index in [4.69, 9.17) is 0 Å². The van der Waals surface area contributed by atoms with Gasteiger partial charge in [0, 0.05) is 7.05 Å². The lowest BCUT2D eigenvalue weighted by atomic mass is 9.92. The van der Waals surface area contributed by atoms with Crippen LogP contribution in [0.3, 0.4) is 0 Å². The Labute approximate surface area is 123 Å². The predicted octanol–water partition coefficient (Wildman–Crippen LogP) is 4.86. The largest absolute Gasteiger partial charge is 0.394 e. The summed E-state index contributed by atoms with van der Waals surface area (Å²) >= 11 is 0. The lowest BCUT2D eigenvalue weighted by molar-refractivity contribution is 0.657. The number of hydrogen-bond acceptors (Lipinski definition) is 1. The Hall–Kier alpha value is -1.76. The van der Waals surface area contributed by atoms with Crippen LogP contribution in [0.4, 0.5) is 0 Å². The van der Waals surface area contributed by atoms with E-state index in [2.05, 4.69) is 55.2 Å². The molecule has 106 valence electrons. The fourth-order valence-electron chi connectivity index (χ4n) is 2.95. The lowest BCUT2D eigenvalue weighted by Crippen LogP contribution is -2.00. The Morgan fingerprint density at radius 3 is 2.60 bits per heavy atom. The first-order valence-corrected chi connectivity index (χ1v) is 7.52. The number of allylic oxidation sites excluding steroid dienone is 4. The third-order valence-electron chi connectivity index (χ3n) is 4.10. The summed E-state index contributed by atoms with van der Waals surface area (Å²) in [5.74, 6) is 0.695. The van der Waals surface area contributed by atoms with Crippen LogP contribution in [0.25, 0.3) is 5.57 Å². The minimum Gasteiger partial charge on any atom is -0.394 e. The van der Waals surface area contributed by atoms with E-state index in [9.17, 15) is 0 Å². The van der Waals surface area contributed by atoms with Gasteiger partial charge in [-0.25, -0.2) is 0 Å². The van der Waals surface area contributed by atoms with E-state index >= 15 is 0 Å². The van der Waals surface area contributed by atoms with E-state index in [0.717, 1.165) is 5.57 Å². The molecule has 0 spiro atoms. The summed E-state index contributed by atoms with van der Waals surface area (Å²) in [7, 11) is 1.94. The van der Waals surface area contributed by atoms with E-state index in [1.54, 1.807) is 0 Å². The van der Waals surface area contributed by atoms with Gasteiger partial charge < -0.3 is 5.32 Å². The molecule has 0 saturated heterocycles. The van der Waals surface area contributed by atoms with E-state index in [0.29, 0.717) is 5.92 Å². The van der Waals surface area contributed by atoms with Crippen molar-refractivity contribution in [3.63, 3.8) is 0 Å². The molecular weight excluding hydrogens is 242 g/mol. The summed E-state index contributed by atoms with van der Waals surface area (Å²) < 4.78 is 0. The van der Waals surface area contributed by atoms with Gasteiger partial charge in [0.1, 0.15) is 0 Å². The van der Waals surface area contributed by atoms with E-state index in [1.165, 1.54) is 42.4 Å². The third-order valence-corrected chi connectivity index (χ3v) is 4.10. The Morgan fingerprint density at radius 2 is 1.95 bits per heavy atom. The summed E-state index contributed by atoms with van der Waals surface area (Å²) in [5.41, 5.74) is 5.06. The van der Waals surface area contributed by atoms with Crippen molar-refractivity contribution in [2.24, 2.45) is 5.92 Å². The van der Waals surface area contributed by atoms with Crippen LogP contribution in [0, 0.1) is 12.8 Å². The molecule has 1 aliphatic carbocycles. The van der Waals surface area contributed by atoms with Crippen molar-refractivity contribution in [2.45, 2.75) is 32.6 Å². The first-order chi connectivity index (χ1) is 9.72. The average molecular weight is 267 g/mol. The zero-order valence-electron chi connectivity index (χ0n) is 12.7. The molecule has 0 radical (unpaired) electrons. The molecule has 0 atom stereocenters. The molecule has 1 saturated carbocycles. The molecule has 20 heavy (non-hydrogen) atoms. The van der Waals surface area contributed by atoms with Gasteiger partial charge in [-0.3, -0.25) is 0 Å². The predicted molar refractivity (Wildman–Crippen MR) is 88.5 cm³/mol. The molecule has 1 nitrogen and oxygen atoms in total. The number of benzene rings is 1. The molecule has 1 N–H and O–H groups in total. The molecule has 1 heteroatoms. The van der Waals surface area contributed by atoms with E-state index in [1.807, 2.05) is 13.2 Å². The molecule has 1 aliphatic rings. The van der Waals surface area contributed by atoms with E-state index < -0.39 is 0 Å². The molecule has 1 aromatic carbocycles. The highest BCUT2D eigenvalue weighted by Gasteiger charge is 2.18. The minimum atomic E-state index is 0.695. The van der Waals surface area contributed by atoms with Gasteiger partial charge in [0.2, 0.25) is 0 Å². The standard InChI is InChI=1S/C19H25N/c1-15-8-4-7-11-19(15)16(2)14-18(12-13-20-3)17-9-5-6-10-17/h4,7-8,11-14,17,20H,2,5-6,9-10H2,1,3H3/b13-12-,18-14+. The second-order valence-electron chi connectivity index (χ2n) is 5.59. The number of nitrogens with one attached hydrogen (secondary N) is 1. The average Bonchev–Trinajstić information content (AvgIpc) is 2.97. The summed E-state index contributed by atoms with van der Waals surface area (Å²) in [6.45, 7) is 6.42. The Balaban J connectivity index is 2.25.